The van der Waals surface area contributed by atoms with Gasteiger partial charge in [0.25, 0.3) is 5.91 Å². The Hall–Kier alpha value is -3.78. The van der Waals surface area contributed by atoms with Gasteiger partial charge in [0.2, 0.25) is 11.8 Å². The summed E-state index contributed by atoms with van der Waals surface area (Å²) >= 11 is 0. The van der Waals surface area contributed by atoms with E-state index in [2.05, 4.69) is 20.4 Å². The Morgan fingerprint density at radius 2 is 1.77 bits per heavy atom. The summed E-state index contributed by atoms with van der Waals surface area (Å²) in [6, 6.07) is 4.54. The van der Waals surface area contributed by atoms with Gasteiger partial charge in [0.1, 0.15) is 24.1 Å². The normalized spacial score (nSPS) is 16.6. The number of H-pyrrole nitrogens is 1. The molecule has 1 aromatic carbocycles. The quantitative estimate of drug-likeness (QED) is 0.243. The standard InChI is InChI=1S/C28H39N4O11P/c1-16(2)12-21(31-26(35)22-14-18-19(29-22)8-7-9-24(18)39-3)25(34)30-20(23(33)15-43-44(38,41-5)42-6)13-17-10-11-32(27(17)36)28(37)40-4/h7-9,14,16-17,20-21,29H,10-13,15H2,1-6H3,(H,30,34)(H,31,35)/t17-,20-,21-/m0/s1. The molecular formula is C28H39N4O11P. The van der Waals surface area contributed by atoms with Gasteiger partial charge in [0.05, 0.1) is 20.3 Å². The van der Waals surface area contributed by atoms with Crippen LogP contribution < -0.4 is 15.4 Å². The molecule has 0 radical (unpaired) electrons. The number of carbonyl (C=O) groups is 5. The SMILES string of the molecule is COC(=O)N1CC[C@@H](C[C@H](NC(=O)[C@H](CC(C)C)NC(=O)c2cc3c(OC)cccc3[nH]2)C(=O)COP(=O)(OC)OC)C1=O. The Balaban J connectivity index is 1.82. The second-order valence-corrected chi connectivity index (χ2v) is 12.4. The molecule has 242 valence electrons. The molecule has 0 aliphatic carbocycles. The maximum Gasteiger partial charge on any atom is 0.474 e. The molecule has 0 bridgehead atoms. The first-order chi connectivity index (χ1) is 20.9. The van der Waals surface area contributed by atoms with Gasteiger partial charge < -0.3 is 25.1 Å². The monoisotopic (exact) mass is 638 g/mol. The lowest BCUT2D eigenvalue weighted by atomic mass is 9.95. The average Bonchev–Trinajstić information content (AvgIpc) is 3.61. The molecule has 15 nitrogen and oxygen atoms in total. The summed E-state index contributed by atoms with van der Waals surface area (Å²) in [6.45, 7) is 3.03. The molecule has 1 saturated heterocycles. The molecule has 44 heavy (non-hydrogen) atoms. The molecular weight excluding hydrogens is 599 g/mol. The number of likely N-dealkylation sites (tertiary alicyclic amines) is 1. The summed E-state index contributed by atoms with van der Waals surface area (Å²) in [5.74, 6) is -2.81. The largest absolute Gasteiger partial charge is 0.496 e. The molecule has 16 heteroatoms. The second kappa shape index (κ2) is 15.3. The molecule has 2 heterocycles. The Morgan fingerprint density at radius 3 is 2.39 bits per heavy atom. The van der Waals surface area contributed by atoms with Crippen LogP contribution in [0.1, 0.15) is 43.6 Å². The number of aromatic nitrogens is 1. The molecule has 0 spiro atoms. The lowest BCUT2D eigenvalue weighted by Crippen LogP contribution is -2.53. The first-order valence-corrected chi connectivity index (χ1v) is 15.4. The van der Waals surface area contributed by atoms with Crippen LogP contribution in [0.2, 0.25) is 0 Å². The maximum atomic E-state index is 13.6. The number of benzene rings is 1. The van der Waals surface area contributed by atoms with E-state index in [-0.39, 0.29) is 37.4 Å². The lowest BCUT2D eigenvalue weighted by molar-refractivity contribution is -0.133. The third-order valence-corrected chi connectivity index (χ3v) is 8.51. The summed E-state index contributed by atoms with van der Waals surface area (Å²) in [6.07, 6.45) is -0.573. The first kappa shape index (κ1) is 34.7. The summed E-state index contributed by atoms with van der Waals surface area (Å²) in [5, 5.41) is 6.04. The van der Waals surface area contributed by atoms with Crippen molar-refractivity contribution in [1.82, 2.24) is 20.5 Å². The van der Waals surface area contributed by atoms with Crippen molar-refractivity contribution in [2.24, 2.45) is 11.8 Å². The topological polar surface area (TPSA) is 192 Å². The van der Waals surface area contributed by atoms with Gasteiger partial charge in [-0.05, 0) is 43.4 Å². The van der Waals surface area contributed by atoms with E-state index in [1.165, 1.54) is 7.11 Å². The Kier molecular flexibility index (Phi) is 12.1. The molecule has 4 amide bonds. The average molecular weight is 639 g/mol. The number of nitrogens with zero attached hydrogens (tertiary/aromatic N) is 1. The van der Waals surface area contributed by atoms with Crippen molar-refractivity contribution in [3.63, 3.8) is 0 Å². The first-order valence-electron chi connectivity index (χ1n) is 13.9. The molecule has 1 aromatic heterocycles. The van der Waals surface area contributed by atoms with Gasteiger partial charge in [0, 0.05) is 37.6 Å². The molecule has 1 aliphatic heterocycles. The second-order valence-electron chi connectivity index (χ2n) is 10.6. The van der Waals surface area contributed by atoms with Crippen molar-refractivity contribution in [2.75, 3.05) is 41.6 Å². The minimum atomic E-state index is -4.03. The zero-order valence-corrected chi connectivity index (χ0v) is 26.4. The van der Waals surface area contributed by atoms with Crippen LogP contribution in [0.15, 0.2) is 24.3 Å². The van der Waals surface area contributed by atoms with E-state index in [0.29, 0.717) is 16.7 Å². The van der Waals surface area contributed by atoms with Crippen molar-refractivity contribution < 1.29 is 51.6 Å². The van der Waals surface area contributed by atoms with Gasteiger partial charge in [-0.25, -0.2) is 14.3 Å². The van der Waals surface area contributed by atoms with E-state index in [0.717, 1.165) is 26.2 Å². The number of phosphoric ester groups is 1. The number of phosphoric acid groups is 1. The maximum absolute atomic E-state index is 13.6. The zero-order chi connectivity index (χ0) is 32.6. The van der Waals surface area contributed by atoms with Gasteiger partial charge in [-0.3, -0.25) is 32.7 Å². The molecule has 3 rings (SSSR count). The van der Waals surface area contributed by atoms with E-state index in [1.54, 1.807) is 24.3 Å². The number of imide groups is 1. The molecule has 1 fully saturated rings. The number of amides is 4. The molecule has 3 N–H and O–H groups in total. The predicted molar refractivity (Wildman–Crippen MR) is 157 cm³/mol. The highest BCUT2D eigenvalue weighted by Crippen LogP contribution is 2.47. The third-order valence-electron chi connectivity index (χ3n) is 7.17. The Bertz CT molecular complexity index is 1420. The number of aromatic amines is 1. The number of Topliss-reactive ketones (excluding diaryl/α,β-unsaturated/α-hetero) is 1. The molecule has 1 aliphatic rings. The van der Waals surface area contributed by atoms with Gasteiger partial charge >= 0.3 is 13.9 Å². The van der Waals surface area contributed by atoms with Crippen LogP contribution >= 0.6 is 7.82 Å². The number of ketones is 1. The fraction of sp³-hybridized carbons (Fsp3) is 0.536. The van der Waals surface area contributed by atoms with Gasteiger partial charge in [0.15, 0.2) is 5.78 Å². The molecule has 0 saturated carbocycles. The smallest absolute Gasteiger partial charge is 0.474 e. The summed E-state index contributed by atoms with van der Waals surface area (Å²) in [5.41, 5.74) is 0.859. The van der Waals surface area contributed by atoms with Gasteiger partial charge in [-0.1, -0.05) is 19.9 Å². The lowest BCUT2D eigenvalue weighted by Gasteiger charge is -2.25. The van der Waals surface area contributed by atoms with E-state index in [1.807, 2.05) is 13.8 Å². The van der Waals surface area contributed by atoms with Crippen LogP contribution in [0.4, 0.5) is 4.79 Å². The minimum absolute atomic E-state index is 0.0364. The summed E-state index contributed by atoms with van der Waals surface area (Å²) in [4.78, 5) is 68.9. The highest BCUT2D eigenvalue weighted by Gasteiger charge is 2.40. The van der Waals surface area contributed by atoms with Crippen molar-refractivity contribution in [2.45, 2.75) is 45.2 Å². The number of hydrogen-bond acceptors (Lipinski definition) is 11. The highest BCUT2D eigenvalue weighted by atomic mass is 31.2. The molecule has 2 aromatic rings. The van der Waals surface area contributed by atoms with E-state index in [4.69, 9.17) is 18.3 Å². The fourth-order valence-electron chi connectivity index (χ4n) is 4.87. The third kappa shape index (κ3) is 8.44. The van der Waals surface area contributed by atoms with Gasteiger partial charge in [-0.2, -0.15) is 0 Å². The molecule has 0 unspecified atom stereocenters. The van der Waals surface area contributed by atoms with E-state index in [9.17, 15) is 28.5 Å². The van der Waals surface area contributed by atoms with Crippen LogP contribution in [-0.2, 0) is 37.3 Å². The van der Waals surface area contributed by atoms with Gasteiger partial charge in [-0.15, -0.1) is 0 Å². The number of hydrogen-bond donors (Lipinski definition) is 3. The van der Waals surface area contributed by atoms with Crippen molar-refractivity contribution in [1.29, 1.82) is 0 Å². The number of rotatable bonds is 15. The number of ether oxygens (including phenoxy) is 2. The molecule has 3 atom stereocenters. The fourth-order valence-corrected chi connectivity index (χ4v) is 5.51. The van der Waals surface area contributed by atoms with Crippen LogP contribution in [-0.4, -0.2) is 93.2 Å². The van der Waals surface area contributed by atoms with Crippen LogP contribution in [0.5, 0.6) is 5.75 Å². The number of carbonyl (C=O) groups excluding carboxylic acids is 5. The van der Waals surface area contributed by atoms with Crippen molar-refractivity contribution in [3.8, 4) is 5.75 Å². The van der Waals surface area contributed by atoms with Crippen LogP contribution in [0.25, 0.3) is 10.9 Å². The summed E-state index contributed by atoms with van der Waals surface area (Å²) in [7, 11) is 0.786. The number of nitrogens with one attached hydrogen (secondary N) is 3. The Labute approximate surface area is 254 Å². The Morgan fingerprint density at radius 1 is 1.07 bits per heavy atom. The number of methoxy groups -OCH3 is 2. The van der Waals surface area contributed by atoms with E-state index >= 15 is 0 Å². The predicted octanol–water partition coefficient (Wildman–Crippen LogP) is 2.80. The van der Waals surface area contributed by atoms with E-state index < -0.39 is 62.0 Å². The van der Waals surface area contributed by atoms with Crippen LogP contribution in [0.3, 0.4) is 0 Å². The van der Waals surface area contributed by atoms with Crippen molar-refractivity contribution >= 4 is 48.3 Å². The van der Waals surface area contributed by atoms with Crippen LogP contribution in [0, 0.1) is 11.8 Å². The van der Waals surface area contributed by atoms with Crippen molar-refractivity contribution in [3.05, 3.63) is 30.0 Å². The number of fused-ring (bicyclic) bond motifs is 1. The highest BCUT2D eigenvalue weighted by molar-refractivity contribution is 7.48. The zero-order valence-electron chi connectivity index (χ0n) is 25.5. The minimum Gasteiger partial charge on any atom is -0.496 e. The summed E-state index contributed by atoms with van der Waals surface area (Å²) < 4.78 is 36.9.